The van der Waals surface area contributed by atoms with E-state index in [-0.39, 0.29) is 24.9 Å². The molecule has 2 rings (SSSR count). The minimum absolute atomic E-state index is 0.0427. The van der Waals surface area contributed by atoms with Crippen LogP contribution in [0.4, 0.5) is 0 Å². The Balaban J connectivity index is 1.63. The predicted molar refractivity (Wildman–Crippen MR) is 115 cm³/mol. The van der Waals surface area contributed by atoms with Gasteiger partial charge in [-0.05, 0) is 51.0 Å². The number of esters is 1. The first-order valence-electron chi connectivity index (χ1n) is 9.75. The molecule has 0 atom stereocenters. The molecule has 1 aromatic carbocycles. The fourth-order valence-corrected chi connectivity index (χ4v) is 3.37. The highest BCUT2D eigenvalue weighted by molar-refractivity contribution is 7.98. The Morgan fingerprint density at radius 3 is 2.28 bits per heavy atom. The van der Waals surface area contributed by atoms with Crippen LogP contribution in [0.5, 0.6) is 0 Å². The van der Waals surface area contributed by atoms with Crippen molar-refractivity contribution < 1.29 is 14.3 Å². The van der Waals surface area contributed by atoms with E-state index in [1.165, 1.54) is 17.3 Å². The average Bonchev–Trinajstić information content (AvgIpc) is 2.70. The van der Waals surface area contributed by atoms with E-state index in [1.807, 2.05) is 51.3 Å². The van der Waals surface area contributed by atoms with Crippen LogP contribution in [0, 0.1) is 20.8 Å². The van der Waals surface area contributed by atoms with Crippen molar-refractivity contribution in [2.75, 3.05) is 19.4 Å². The molecule has 0 fully saturated rings. The number of carbonyl (C=O) groups excluding carboxylic acids is 2. The fraction of sp³-hybridized carbons (Fsp3) is 0.455. The summed E-state index contributed by atoms with van der Waals surface area (Å²) in [7, 11) is 0. The van der Waals surface area contributed by atoms with Crippen molar-refractivity contribution in [2.24, 2.45) is 0 Å². The van der Waals surface area contributed by atoms with Gasteiger partial charge in [-0.3, -0.25) is 9.59 Å². The van der Waals surface area contributed by atoms with Gasteiger partial charge >= 0.3 is 5.97 Å². The maximum absolute atomic E-state index is 12.0. The lowest BCUT2D eigenvalue weighted by Gasteiger charge is -2.10. The standard InChI is InChI=1S/C22H29N3O3S/c1-15-5-7-18(8-6-15)9-11-20(26)23-13-14-28-21(27)12-10-19-16(2)24-22(29-4)25-17(19)3/h5-8H,9-14H2,1-4H3,(H,23,26). The number of carbonyl (C=O) groups is 2. The molecule has 0 spiro atoms. The van der Waals surface area contributed by atoms with Crippen LogP contribution in [-0.4, -0.2) is 41.3 Å². The molecule has 0 saturated heterocycles. The van der Waals surface area contributed by atoms with Crippen LogP contribution in [0.3, 0.4) is 0 Å². The van der Waals surface area contributed by atoms with Gasteiger partial charge in [-0.15, -0.1) is 0 Å². The number of aryl methyl sites for hydroxylation is 4. The molecule has 0 radical (unpaired) electrons. The molecular weight excluding hydrogens is 386 g/mol. The van der Waals surface area contributed by atoms with E-state index in [0.29, 0.717) is 25.8 Å². The number of benzene rings is 1. The average molecular weight is 416 g/mol. The van der Waals surface area contributed by atoms with Crippen molar-refractivity contribution in [2.45, 2.75) is 51.6 Å². The second-order valence-electron chi connectivity index (χ2n) is 6.92. The van der Waals surface area contributed by atoms with Crippen molar-refractivity contribution >= 4 is 23.6 Å². The van der Waals surface area contributed by atoms with E-state index in [9.17, 15) is 9.59 Å². The molecule has 29 heavy (non-hydrogen) atoms. The number of ether oxygens (including phenoxy) is 1. The molecule has 7 heteroatoms. The minimum atomic E-state index is -0.286. The normalized spacial score (nSPS) is 10.6. The molecule has 156 valence electrons. The molecule has 0 aliphatic heterocycles. The topological polar surface area (TPSA) is 81.2 Å². The van der Waals surface area contributed by atoms with E-state index in [4.69, 9.17) is 4.74 Å². The van der Waals surface area contributed by atoms with Gasteiger partial charge in [-0.25, -0.2) is 9.97 Å². The van der Waals surface area contributed by atoms with Crippen LogP contribution in [0.25, 0.3) is 0 Å². The van der Waals surface area contributed by atoms with Crippen molar-refractivity contribution in [3.8, 4) is 0 Å². The third kappa shape index (κ3) is 7.85. The molecule has 1 aromatic heterocycles. The summed E-state index contributed by atoms with van der Waals surface area (Å²) in [6, 6.07) is 8.15. The third-order valence-electron chi connectivity index (χ3n) is 4.61. The van der Waals surface area contributed by atoms with Gasteiger partial charge in [0.15, 0.2) is 5.16 Å². The number of amides is 1. The molecule has 1 N–H and O–H groups in total. The summed E-state index contributed by atoms with van der Waals surface area (Å²) in [4.78, 5) is 32.7. The van der Waals surface area contributed by atoms with E-state index < -0.39 is 0 Å². The first-order valence-corrected chi connectivity index (χ1v) is 11.0. The molecule has 1 heterocycles. The van der Waals surface area contributed by atoms with Gasteiger partial charge in [0.25, 0.3) is 0 Å². The Hall–Kier alpha value is -2.41. The quantitative estimate of drug-likeness (QED) is 0.277. The van der Waals surface area contributed by atoms with Crippen LogP contribution >= 0.6 is 11.8 Å². The Bertz CT molecular complexity index is 815. The van der Waals surface area contributed by atoms with Gasteiger partial charge < -0.3 is 10.1 Å². The first-order chi connectivity index (χ1) is 13.9. The van der Waals surface area contributed by atoms with Crippen molar-refractivity contribution in [1.82, 2.24) is 15.3 Å². The van der Waals surface area contributed by atoms with Crippen LogP contribution in [0.2, 0.25) is 0 Å². The molecule has 0 saturated carbocycles. The second-order valence-corrected chi connectivity index (χ2v) is 7.69. The van der Waals surface area contributed by atoms with Crippen LogP contribution < -0.4 is 5.32 Å². The molecular formula is C22H29N3O3S. The van der Waals surface area contributed by atoms with Crippen LogP contribution in [0.15, 0.2) is 29.4 Å². The van der Waals surface area contributed by atoms with Crippen molar-refractivity contribution in [3.05, 3.63) is 52.3 Å². The Kier molecular flexibility index (Phi) is 9.12. The Morgan fingerprint density at radius 1 is 1.00 bits per heavy atom. The highest BCUT2D eigenvalue weighted by Crippen LogP contribution is 2.17. The maximum Gasteiger partial charge on any atom is 0.306 e. The van der Waals surface area contributed by atoms with Crippen molar-refractivity contribution in [1.29, 1.82) is 0 Å². The Labute approximate surface area is 176 Å². The fourth-order valence-electron chi connectivity index (χ4n) is 2.92. The lowest BCUT2D eigenvalue weighted by atomic mass is 10.1. The molecule has 1 amide bonds. The van der Waals surface area contributed by atoms with Gasteiger partial charge in [-0.2, -0.15) is 0 Å². The summed E-state index contributed by atoms with van der Waals surface area (Å²) in [5, 5.41) is 3.53. The number of aromatic nitrogens is 2. The van der Waals surface area contributed by atoms with Crippen LogP contribution in [0.1, 0.15) is 40.9 Å². The van der Waals surface area contributed by atoms with Gasteiger partial charge in [0.1, 0.15) is 6.61 Å². The first kappa shape index (κ1) is 22.9. The zero-order valence-corrected chi connectivity index (χ0v) is 18.4. The van der Waals surface area contributed by atoms with E-state index in [1.54, 1.807) is 0 Å². The lowest BCUT2D eigenvalue weighted by molar-refractivity contribution is -0.143. The van der Waals surface area contributed by atoms with Crippen LogP contribution in [-0.2, 0) is 27.2 Å². The van der Waals surface area contributed by atoms with Gasteiger partial charge in [0.05, 0.1) is 6.54 Å². The van der Waals surface area contributed by atoms with E-state index in [2.05, 4.69) is 15.3 Å². The molecule has 0 aliphatic carbocycles. The highest BCUT2D eigenvalue weighted by atomic mass is 32.2. The molecule has 2 aromatic rings. The summed E-state index contributed by atoms with van der Waals surface area (Å²) >= 11 is 1.50. The minimum Gasteiger partial charge on any atom is -0.464 e. The number of hydrogen-bond donors (Lipinski definition) is 1. The van der Waals surface area contributed by atoms with Gasteiger partial charge in [0, 0.05) is 24.2 Å². The SMILES string of the molecule is CSc1nc(C)c(CCC(=O)OCCNC(=O)CCc2ccc(C)cc2)c(C)n1. The highest BCUT2D eigenvalue weighted by Gasteiger charge is 2.11. The van der Waals surface area contributed by atoms with E-state index >= 15 is 0 Å². The monoisotopic (exact) mass is 415 g/mol. The molecule has 0 unspecified atom stereocenters. The number of rotatable bonds is 10. The summed E-state index contributed by atoms with van der Waals surface area (Å²) in [6.45, 7) is 6.40. The van der Waals surface area contributed by atoms with Gasteiger partial charge in [-0.1, -0.05) is 41.6 Å². The largest absolute Gasteiger partial charge is 0.464 e. The summed E-state index contributed by atoms with van der Waals surface area (Å²) in [5.41, 5.74) is 5.13. The number of nitrogens with one attached hydrogen (secondary N) is 1. The Morgan fingerprint density at radius 2 is 1.66 bits per heavy atom. The number of nitrogens with zero attached hydrogens (tertiary/aromatic N) is 2. The summed E-state index contributed by atoms with van der Waals surface area (Å²) in [6.07, 6.45) is 3.87. The zero-order chi connectivity index (χ0) is 21.2. The second kappa shape index (κ2) is 11.6. The summed E-state index contributed by atoms with van der Waals surface area (Å²) < 4.78 is 5.22. The smallest absolute Gasteiger partial charge is 0.306 e. The number of thioether (sulfide) groups is 1. The van der Waals surface area contributed by atoms with E-state index in [0.717, 1.165) is 27.7 Å². The summed E-state index contributed by atoms with van der Waals surface area (Å²) in [5.74, 6) is -0.328. The maximum atomic E-state index is 12.0. The molecule has 0 bridgehead atoms. The molecule has 0 aliphatic rings. The number of hydrogen-bond acceptors (Lipinski definition) is 6. The molecule has 6 nitrogen and oxygen atoms in total. The lowest BCUT2D eigenvalue weighted by Crippen LogP contribution is -2.28. The zero-order valence-electron chi connectivity index (χ0n) is 17.6. The van der Waals surface area contributed by atoms with Crippen molar-refractivity contribution in [3.63, 3.8) is 0 Å². The van der Waals surface area contributed by atoms with Gasteiger partial charge in [0.2, 0.25) is 5.91 Å². The predicted octanol–water partition coefficient (Wildman–Crippen LogP) is 3.35. The third-order valence-corrected chi connectivity index (χ3v) is 5.16.